The van der Waals surface area contributed by atoms with Gasteiger partial charge in [0.2, 0.25) is 0 Å². The zero-order chi connectivity index (χ0) is 18.1. The van der Waals surface area contributed by atoms with Gasteiger partial charge < -0.3 is 0 Å². The van der Waals surface area contributed by atoms with E-state index in [4.69, 9.17) is 0 Å². The summed E-state index contributed by atoms with van der Waals surface area (Å²) >= 11 is 3.26. The summed E-state index contributed by atoms with van der Waals surface area (Å²) in [6.45, 7) is 4.50. The van der Waals surface area contributed by atoms with Gasteiger partial charge >= 0.3 is 0 Å². The summed E-state index contributed by atoms with van der Waals surface area (Å²) in [5.74, 6) is 0. The minimum absolute atomic E-state index is 0.119. The van der Waals surface area contributed by atoms with Crippen molar-refractivity contribution in [1.82, 2.24) is 14.8 Å². The van der Waals surface area contributed by atoms with Crippen molar-refractivity contribution >= 4 is 22.7 Å². The van der Waals surface area contributed by atoms with Gasteiger partial charge in [-0.1, -0.05) is 29.8 Å². The maximum absolute atomic E-state index is 12.2. The van der Waals surface area contributed by atoms with Crippen LogP contribution < -0.4 is 5.56 Å². The molecule has 0 spiro atoms. The van der Waals surface area contributed by atoms with E-state index >= 15 is 0 Å². The van der Waals surface area contributed by atoms with E-state index in [1.807, 2.05) is 11.4 Å². The van der Waals surface area contributed by atoms with Gasteiger partial charge in [-0.3, -0.25) is 4.79 Å². The highest BCUT2D eigenvalue weighted by Gasteiger charge is 2.09. The molecule has 0 radical (unpaired) electrons. The van der Waals surface area contributed by atoms with Gasteiger partial charge in [-0.25, -0.2) is 9.67 Å². The first-order chi connectivity index (χ1) is 12.6. The molecule has 0 aliphatic carbocycles. The van der Waals surface area contributed by atoms with Crippen LogP contribution in [0.25, 0.3) is 21.1 Å². The van der Waals surface area contributed by atoms with Crippen molar-refractivity contribution in [2.45, 2.75) is 20.4 Å². The third kappa shape index (κ3) is 3.52. The lowest BCUT2D eigenvalue weighted by atomic mass is 10.2. The van der Waals surface area contributed by atoms with Crippen LogP contribution in [0.4, 0.5) is 0 Å². The highest BCUT2D eigenvalue weighted by molar-refractivity contribution is 7.15. The van der Waals surface area contributed by atoms with E-state index in [2.05, 4.69) is 54.3 Å². The third-order valence-electron chi connectivity index (χ3n) is 4.02. The van der Waals surface area contributed by atoms with Crippen LogP contribution in [0, 0.1) is 13.8 Å². The normalized spacial score (nSPS) is 11.0. The molecule has 0 unspecified atom stereocenters. The first-order valence-corrected chi connectivity index (χ1v) is 9.94. The highest BCUT2D eigenvalue weighted by Crippen LogP contribution is 2.26. The number of aromatic nitrogens is 3. The second-order valence-corrected chi connectivity index (χ2v) is 8.28. The number of nitrogens with zero attached hydrogens (tertiary/aromatic N) is 3. The summed E-state index contributed by atoms with van der Waals surface area (Å²) < 4.78 is 1.48. The molecule has 3 aromatic heterocycles. The van der Waals surface area contributed by atoms with Gasteiger partial charge in [0, 0.05) is 21.9 Å². The van der Waals surface area contributed by atoms with Crippen LogP contribution >= 0.6 is 22.7 Å². The van der Waals surface area contributed by atoms with Crippen molar-refractivity contribution in [2.24, 2.45) is 0 Å². The van der Waals surface area contributed by atoms with Crippen LogP contribution in [-0.4, -0.2) is 14.8 Å². The van der Waals surface area contributed by atoms with Gasteiger partial charge in [-0.2, -0.15) is 5.10 Å². The molecule has 0 bridgehead atoms. The number of hydrogen-bond donors (Lipinski definition) is 0. The molecular formula is C20H17N3OS2. The predicted molar refractivity (Wildman–Crippen MR) is 108 cm³/mol. The molecule has 4 aromatic rings. The topological polar surface area (TPSA) is 47.8 Å². The Kier molecular flexibility index (Phi) is 4.53. The Morgan fingerprint density at radius 1 is 1.00 bits per heavy atom. The molecule has 0 aliphatic rings. The first-order valence-electron chi connectivity index (χ1n) is 8.25. The zero-order valence-electron chi connectivity index (χ0n) is 14.5. The van der Waals surface area contributed by atoms with E-state index in [1.54, 1.807) is 34.8 Å². The van der Waals surface area contributed by atoms with Crippen molar-refractivity contribution in [2.75, 3.05) is 0 Å². The van der Waals surface area contributed by atoms with Crippen molar-refractivity contribution in [1.29, 1.82) is 0 Å². The Labute approximate surface area is 159 Å². The summed E-state index contributed by atoms with van der Waals surface area (Å²) in [5.41, 5.74) is 3.86. The third-order valence-corrected chi connectivity index (χ3v) is 5.98. The van der Waals surface area contributed by atoms with Crippen molar-refractivity contribution in [3.05, 3.63) is 80.4 Å². The molecule has 3 heterocycles. The zero-order valence-corrected chi connectivity index (χ0v) is 16.1. The molecule has 1 aromatic carbocycles. The fourth-order valence-corrected chi connectivity index (χ4v) is 4.28. The Hall–Kier alpha value is -2.57. The lowest BCUT2D eigenvalue weighted by Gasteiger charge is -2.04. The van der Waals surface area contributed by atoms with E-state index in [0.29, 0.717) is 6.54 Å². The largest absolute Gasteiger partial charge is 0.268 e. The molecular weight excluding hydrogens is 362 g/mol. The summed E-state index contributed by atoms with van der Waals surface area (Å²) in [5, 5.41) is 7.47. The summed E-state index contributed by atoms with van der Waals surface area (Å²) in [4.78, 5) is 19.2. The van der Waals surface area contributed by atoms with Gasteiger partial charge in [0.15, 0.2) is 0 Å². The molecule has 0 saturated heterocycles. The molecule has 0 N–H and O–H groups in total. The first kappa shape index (κ1) is 16.9. The molecule has 0 aliphatic heterocycles. The Morgan fingerprint density at radius 2 is 1.81 bits per heavy atom. The quantitative estimate of drug-likeness (QED) is 0.514. The van der Waals surface area contributed by atoms with Crippen LogP contribution in [0.2, 0.25) is 0 Å². The second-order valence-electron chi connectivity index (χ2n) is 6.13. The van der Waals surface area contributed by atoms with Gasteiger partial charge in [-0.05, 0) is 32.0 Å². The molecule has 0 saturated carbocycles. The van der Waals surface area contributed by atoms with Gasteiger partial charge in [0.05, 0.1) is 17.1 Å². The summed E-state index contributed by atoms with van der Waals surface area (Å²) in [7, 11) is 0. The Balaban J connectivity index is 1.61. The molecule has 0 amide bonds. The lowest BCUT2D eigenvalue weighted by molar-refractivity contribution is 0.634. The van der Waals surface area contributed by atoms with E-state index in [9.17, 15) is 4.79 Å². The number of thiazole rings is 1. The number of thiophene rings is 1. The molecule has 130 valence electrons. The molecule has 6 heteroatoms. The molecule has 26 heavy (non-hydrogen) atoms. The molecule has 4 rings (SSSR count). The number of benzene rings is 1. The van der Waals surface area contributed by atoms with Crippen LogP contribution in [0.5, 0.6) is 0 Å². The number of rotatable bonds is 4. The summed E-state index contributed by atoms with van der Waals surface area (Å²) in [6.07, 6.45) is 0. The van der Waals surface area contributed by atoms with Crippen molar-refractivity contribution in [3.8, 4) is 21.1 Å². The molecule has 0 fully saturated rings. The second kappa shape index (κ2) is 6.97. The van der Waals surface area contributed by atoms with Crippen LogP contribution in [0.1, 0.15) is 16.1 Å². The molecule has 0 atom stereocenters. The lowest BCUT2D eigenvalue weighted by Crippen LogP contribution is -2.22. The van der Waals surface area contributed by atoms with E-state index in [0.717, 1.165) is 26.8 Å². The SMILES string of the molecule is Cc1ccc(-c2nc(Cn3nc(-c4ccc(C)s4)ccc3=O)cs2)cc1. The number of hydrogen-bond acceptors (Lipinski definition) is 5. The fourth-order valence-electron chi connectivity index (χ4n) is 2.63. The maximum Gasteiger partial charge on any atom is 0.267 e. The average Bonchev–Trinajstić information content (AvgIpc) is 3.27. The predicted octanol–water partition coefficient (Wildman–Crippen LogP) is 4.76. The van der Waals surface area contributed by atoms with Crippen molar-refractivity contribution in [3.63, 3.8) is 0 Å². The Bertz CT molecular complexity index is 1110. The fraction of sp³-hybridized carbons (Fsp3) is 0.150. The number of aryl methyl sites for hydroxylation is 2. The Morgan fingerprint density at radius 3 is 2.54 bits per heavy atom. The van der Waals surface area contributed by atoms with Gasteiger partial charge in [0.25, 0.3) is 5.56 Å². The highest BCUT2D eigenvalue weighted by atomic mass is 32.1. The van der Waals surface area contributed by atoms with E-state index in [-0.39, 0.29) is 5.56 Å². The average molecular weight is 380 g/mol. The van der Waals surface area contributed by atoms with Gasteiger partial charge in [0.1, 0.15) is 10.7 Å². The minimum atomic E-state index is -0.119. The smallest absolute Gasteiger partial charge is 0.267 e. The minimum Gasteiger partial charge on any atom is -0.268 e. The van der Waals surface area contributed by atoms with Crippen molar-refractivity contribution < 1.29 is 0 Å². The molecule has 4 nitrogen and oxygen atoms in total. The van der Waals surface area contributed by atoms with Crippen LogP contribution in [0.15, 0.2) is 58.7 Å². The maximum atomic E-state index is 12.2. The van der Waals surface area contributed by atoms with E-state index in [1.165, 1.54) is 15.1 Å². The standard InChI is InChI=1S/C20H17N3OS2/c1-13-3-6-15(7-4-13)20-21-16(12-25-20)11-23-19(24)10-8-17(22-23)18-9-5-14(2)26-18/h3-10,12H,11H2,1-2H3. The van der Waals surface area contributed by atoms with Crippen LogP contribution in [-0.2, 0) is 6.54 Å². The van der Waals surface area contributed by atoms with Crippen LogP contribution in [0.3, 0.4) is 0 Å². The summed E-state index contributed by atoms with van der Waals surface area (Å²) in [6, 6.07) is 15.8. The van der Waals surface area contributed by atoms with E-state index < -0.39 is 0 Å². The monoisotopic (exact) mass is 379 g/mol. The van der Waals surface area contributed by atoms with Gasteiger partial charge in [-0.15, -0.1) is 22.7 Å².